The van der Waals surface area contributed by atoms with E-state index in [0.29, 0.717) is 6.42 Å². The smallest absolute Gasteiger partial charge is 0.379 e. The molecule has 1 saturated carbocycles. The van der Waals surface area contributed by atoms with Crippen LogP contribution >= 0.6 is 12.4 Å². The monoisotopic (exact) mass is 315 g/mol. The van der Waals surface area contributed by atoms with Gasteiger partial charge in [0.1, 0.15) is 6.10 Å². The number of esters is 1. The molecule has 0 aliphatic heterocycles. The lowest BCUT2D eigenvalue weighted by atomic mass is 9.83. The first-order chi connectivity index (χ1) is 8.89. The Kier molecular flexibility index (Phi) is 8.54. The van der Waals surface area contributed by atoms with E-state index in [1.807, 2.05) is 0 Å². The van der Waals surface area contributed by atoms with Crippen LogP contribution in [0.5, 0.6) is 0 Å². The molecule has 20 heavy (non-hydrogen) atoms. The molecular formula is C13H24ClF2NO3. The van der Waals surface area contributed by atoms with Gasteiger partial charge in [0.25, 0.3) is 0 Å². The highest BCUT2D eigenvalue weighted by Gasteiger charge is 2.50. The lowest BCUT2D eigenvalue weighted by Crippen LogP contribution is -2.52. The number of rotatable bonds is 6. The largest absolute Gasteiger partial charge is 0.461 e. The Balaban J connectivity index is 0.00000361. The van der Waals surface area contributed by atoms with Gasteiger partial charge < -0.3 is 15.6 Å². The van der Waals surface area contributed by atoms with Gasteiger partial charge in [0.05, 0.1) is 6.61 Å². The van der Waals surface area contributed by atoms with Crippen molar-refractivity contribution >= 4 is 18.4 Å². The summed E-state index contributed by atoms with van der Waals surface area (Å²) in [7, 11) is 0. The average molecular weight is 316 g/mol. The van der Waals surface area contributed by atoms with Crippen LogP contribution < -0.4 is 5.73 Å². The van der Waals surface area contributed by atoms with E-state index in [1.165, 1.54) is 6.92 Å². The minimum atomic E-state index is -3.94. The van der Waals surface area contributed by atoms with Gasteiger partial charge in [-0.3, -0.25) is 0 Å². The van der Waals surface area contributed by atoms with Gasteiger partial charge in [-0.15, -0.1) is 12.4 Å². The van der Waals surface area contributed by atoms with Crippen LogP contribution in [0.4, 0.5) is 8.78 Å². The molecule has 7 heteroatoms. The van der Waals surface area contributed by atoms with Gasteiger partial charge in [0, 0.05) is 6.04 Å². The fraction of sp³-hybridized carbons (Fsp3) is 0.923. The molecule has 0 aromatic rings. The quantitative estimate of drug-likeness (QED) is 0.738. The van der Waals surface area contributed by atoms with Crippen LogP contribution in [0.1, 0.15) is 45.4 Å². The molecule has 0 heterocycles. The number of aliphatic hydroxyl groups excluding tert-OH is 1. The highest BCUT2D eigenvalue weighted by Crippen LogP contribution is 2.30. The number of carbonyl (C=O) groups excluding carboxylic acids is 1. The minimum absolute atomic E-state index is 0. The van der Waals surface area contributed by atoms with Crippen molar-refractivity contribution in [3.8, 4) is 0 Å². The van der Waals surface area contributed by atoms with Gasteiger partial charge >= 0.3 is 11.9 Å². The lowest BCUT2D eigenvalue weighted by Gasteiger charge is -2.29. The predicted molar refractivity (Wildman–Crippen MR) is 74.0 cm³/mol. The molecule has 120 valence electrons. The van der Waals surface area contributed by atoms with Gasteiger partial charge in [0.2, 0.25) is 0 Å². The van der Waals surface area contributed by atoms with Crippen molar-refractivity contribution in [3.63, 3.8) is 0 Å². The summed E-state index contributed by atoms with van der Waals surface area (Å²) in [6.07, 6.45) is 3.33. The SMILES string of the molecule is CCOC(=O)C(F)(F)[C@H](O)[C@@H](N)CC1CCCCC1.Cl. The molecule has 0 aromatic carbocycles. The van der Waals surface area contributed by atoms with E-state index in [1.54, 1.807) is 0 Å². The van der Waals surface area contributed by atoms with Crippen molar-refractivity contribution < 1.29 is 23.4 Å². The van der Waals surface area contributed by atoms with Gasteiger partial charge in [-0.1, -0.05) is 32.1 Å². The Hall–Kier alpha value is -0.460. The van der Waals surface area contributed by atoms with Crippen LogP contribution in [0.2, 0.25) is 0 Å². The number of alkyl halides is 2. The van der Waals surface area contributed by atoms with Crippen molar-refractivity contribution in [3.05, 3.63) is 0 Å². The van der Waals surface area contributed by atoms with Crippen molar-refractivity contribution in [2.24, 2.45) is 11.7 Å². The van der Waals surface area contributed by atoms with E-state index >= 15 is 0 Å². The molecule has 0 aromatic heterocycles. The molecule has 0 saturated heterocycles. The highest BCUT2D eigenvalue weighted by atomic mass is 35.5. The van der Waals surface area contributed by atoms with E-state index in [0.717, 1.165) is 32.1 Å². The first-order valence-corrected chi connectivity index (χ1v) is 6.88. The summed E-state index contributed by atoms with van der Waals surface area (Å²) in [6.45, 7) is 1.28. The zero-order chi connectivity index (χ0) is 14.5. The van der Waals surface area contributed by atoms with E-state index in [9.17, 15) is 18.7 Å². The van der Waals surface area contributed by atoms with Crippen LogP contribution in [0.15, 0.2) is 0 Å². The molecule has 0 radical (unpaired) electrons. The van der Waals surface area contributed by atoms with Crippen molar-refractivity contribution in [2.75, 3.05) is 6.61 Å². The summed E-state index contributed by atoms with van der Waals surface area (Å²) in [5.41, 5.74) is 5.63. The number of hydrogen-bond acceptors (Lipinski definition) is 4. The average Bonchev–Trinajstić information content (AvgIpc) is 2.39. The molecule has 2 atom stereocenters. The molecule has 0 unspecified atom stereocenters. The molecule has 4 nitrogen and oxygen atoms in total. The van der Waals surface area contributed by atoms with Crippen LogP contribution in [-0.4, -0.2) is 35.8 Å². The molecule has 1 aliphatic carbocycles. The van der Waals surface area contributed by atoms with E-state index < -0.39 is 24.0 Å². The fourth-order valence-corrected chi connectivity index (χ4v) is 2.55. The molecule has 0 spiro atoms. The van der Waals surface area contributed by atoms with E-state index in [2.05, 4.69) is 4.74 Å². The second-order valence-corrected chi connectivity index (χ2v) is 5.19. The summed E-state index contributed by atoms with van der Waals surface area (Å²) in [5, 5.41) is 9.60. The van der Waals surface area contributed by atoms with Crippen molar-refractivity contribution in [2.45, 2.75) is 63.5 Å². The molecule has 0 amide bonds. The highest BCUT2D eigenvalue weighted by molar-refractivity contribution is 5.85. The first-order valence-electron chi connectivity index (χ1n) is 6.88. The van der Waals surface area contributed by atoms with Gasteiger partial charge in [0.15, 0.2) is 0 Å². The van der Waals surface area contributed by atoms with Gasteiger partial charge in [-0.05, 0) is 19.3 Å². The maximum Gasteiger partial charge on any atom is 0.379 e. The Morgan fingerprint density at radius 3 is 2.45 bits per heavy atom. The molecule has 3 N–H and O–H groups in total. The second kappa shape index (κ2) is 8.74. The summed E-state index contributed by atoms with van der Waals surface area (Å²) in [5.74, 6) is -5.39. The second-order valence-electron chi connectivity index (χ2n) is 5.19. The summed E-state index contributed by atoms with van der Waals surface area (Å²) < 4.78 is 31.5. The topological polar surface area (TPSA) is 72.5 Å². The zero-order valence-corrected chi connectivity index (χ0v) is 12.5. The summed E-state index contributed by atoms with van der Waals surface area (Å²) in [4.78, 5) is 11.1. The minimum Gasteiger partial charge on any atom is -0.461 e. The van der Waals surface area contributed by atoms with Crippen molar-refractivity contribution in [1.82, 2.24) is 0 Å². The van der Waals surface area contributed by atoms with Crippen LogP contribution in [0, 0.1) is 5.92 Å². The number of ether oxygens (including phenoxy) is 1. The Labute approximate surface area is 124 Å². The third-order valence-corrected chi connectivity index (χ3v) is 3.65. The van der Waals surface area contributed by atoms with Gasteiger partial charge in [-0.25, -0.2) is 4.79 Å². The maximum atomic E-state index is 13.6. The molecular weight excluding hydrogens is 292 g/mol. The Morgan fingerprint density at radius 1 is 1.40 bits per heavy atom. The molecule has 0 bridgehead atoms. The fourth-order valence-electron chi connectivity index (χ4n) is 2.55. The standard InChI is InChI=1S/C13H23F2NO3.ClH/c1-2-19-12(18)13(14,15)11(17)10(16)8-9-6-4-3-5-7-9;/h9-11,17H,2-8,16H2,1H3;1H/t10-,11+;/m0./s1. The van der Waals surface area contributed by atoms with Crippen LogP contribution in [0.3, 0.4) is 0 Å². The van der Waals surface area contributed by atoms with Crippen molar-refractivity contribution in [1.29, 1.82) is 0 Å². The molecule has 1 fully saturated rings. The van der Waals surface area contributed by atoms with E-state index in [-0.39, 0.29) is 24.9 Å². The maximum absolute atomic E-state index is 13.6. The number of halogens is 3. The van der Waals surface area contributed by atoms with E-state index in [4.69, 9.17) is 5.73 Å². The Bertz CT molecular complexity index is 299. The molecule has 1 aliphatic rings. The first kappa shape index (κ1) is 19.5. The molecule has 1 rings (SSSR count). The van der Waals surface area contributed by atoms with Crippen LogP contribution in [-0.2, 0) is 9.53 Å². The third kappa shape index (κ3) is 5.14. The predicted octanol–water partition coefficient (Wildman–Crippen LogP) is 2.27. The summed E-state index contributed by atoms with van der Waals surface area (Å²) in [6, 6.07) is -1.11. The summed E-state index contributed by atoms with van der Waals surface area (Å²) >= 11 is 0. The number of carbonyl (C=O) groups is 1. The number of nitrogens with two attached hydrogens (primary N) is 1. The van der Waals surface area contributed by atoms with Crippen LogP contribution in [0.25, 0.3) is 0 Å². The zero-order valence-electron chi connectivity index (χ0n) is 11.7. The third-order valence-electron chi connectivity index (χ3n) is 3.65. The number of hydrogen-bond donors (Lipinski definition) is 2. The Morgan fingerprint density at radius 2 is 1.95 bits per heavy atom. The number of aliphatic hydroxyl groups is 1. The van der Waals surface area contributed by atoms with Gasteiger partial charge in [-0.2, -0.15) is 8.78 Å². The lowest BCUT2D eigenvalue weighted by molar-refractivity contribution is -0.190. The normalized spacial score (nSPS) is 19.9.